The first-order valence-corrected chi connectivity index (χ1v) is 24.4. The Balaban J connectivity index is 0.812. The number of nitrogen functional groups attached to an aromatic ring is 2. The van der Waals surface area contributed by atoms with Crippen molar-refractivity contribution in [2.75, 3.05) is 43.4 Å². The zero-order valence-corrected chi connectivity index (χ0v) is 43.0. The molecule has 0 radical (unpaired) electrons. The third kappa shape index (κ3) is 9.38. The molecule has 0 atom stereocenters. The number of carbonyl (C=O) groups excluding carboxylic acids is 7. The summed E-state index contributed by atoms with van der Waals surface area (Å²) in [5.41, 5.74) is 19.6. The monoisotopic (exact) mass is 1040 g/mol. The van der Waals surface area contributed by atoms with Gasteiger partial charge in [0, 0.05) is 107 Å². The van der Waals surface area contributed by atoms with E-state index in [9.17, 15) is 33.6 Å². The first-order chi connectivity index (χ1) is 37.4. The van der Waals surface area contributed by atoms with Crippen molar-refractivity contribution in [1.82, 2.24) is 29.1 Å². The van der Waals surface area contributed by atoms with Crippen LogP contribution in [0.5, 0.6) is 0 Å². The van der Waals surface area contributed by atoms with Crippen LogP contribution in [0.4, 0.5) is 45.5 Å². The number of hydrogen-bond donors (Lipinski definition) is 12. The van der Waals surface area contributed by atoms with Crippen LogP contribution < -0.4 is 43.4 Å². The summed E-state index contributed by atoms with van der Waals surface area (Å²) in [5, 5.41) is 19.6. The Morgan fingerprint density at radius 1 is 0.397 bits per heavy atom. The van der Waals surface area contributed by atoms with E-state index in [1.54, 1.807) is 136 Å². The van der Waals surface area contributed by atoms with Gasteiger partial charge in [-0.15, -0.1) is 0 Å². The zero-order valence-electron chi connectivity index (χ0n) is 43.0. The number of rotatable bonds is 14. The maximum Gasteiger partial charge on any atom is 0.272 e. The topological polar surface area (TPSA) is 317 Å². The van der Waals surface area contributed by atoms with Crippen LogP contribution >= 0.6 is 0 Å². The molecule has 4 aromatic carbocycles. The summed E-state index contributed by atoms with van der Waals surface area (Å²) in [6.07, 6.45) is 9.32. The Kier molecular flexibility index (Phi) is 13.1. The molecule has 0 aliphatic rings. The second-order valence-corrected chi connectivity index (χ2v) is 18.8. The smallest absolute Gasteiger partial charge is 0.272 e. The first-order valence-electron chi connectivity index (χ1n) is 24.4. The highest BCUT2D eigenvalue weighted by Gasteiger charge is 2.25. The molecule has 0 bridgehead atoms. The van der Waals surface area contributed by atoms with E-state index in [1.165, 1.54) is 24.8 Å². The largest absolute Gasteiger partial charge is 0.397 e. The number of fused-ring (bicyclic) bond motifs is 2. The standard InChI is InChI=1S/C57H52N14O7/c1-27-39(58)21-60-47(27)56(77)68-43-23-62-49(29(43)3)54(75)64-31-19-45(70(5)25-31)52(73)66-41-17-15-37(33-11-7-9-13-35(33)41)51(72)38-16-18-42(36-14-10-8-12-34(36)38)67-53(74)46-20-32(26-71(46)6)65-55(76)50-30(4)44(24-63-50)69-57(78)48-28(2)40(59)22-61-48/h7-26,60-63H,58-59H2,1-6H3,(H,64,75)(H,65,76)(H,66,73)(H,67,74)(H,68,77)(H,69,78). The van der Waals surface area contributed by atoms with Crippen LogP contribution in [0.25, 0.3) is 21.5 Å². The van der Waals surface area contributed by atoms with Gasteiger partial charge in [-0.05, 0) is 74.9 Å². The zero-order chi connectivity index (χ0) is 55.3. The Morgan fingerprint density at radius 2 is 0.731 bits per heavy atom. The Morgan fingerprint density at radius 3 is 1.10 bits per heavy atom. The van der Waals surface area contributed by atoms with Crippen molar-refractivity contribution in [3.8, 4) is 0 Å². The summed E-state index contributed by atoms with van der Waals surface area (Å²) < 4.78 is 3.16. The second-order valence-electron chi connectivity index (χ2n) is 18.8. The van der Waals surface area contributed by atoms with Gasteiger partial charge in [0.15, 0.2) is 5.78 Å². The number of nitrogens with zero attached hydrogens (tertiary/aromatic N) is 2. The lowest BCUT2D eigenvalue weighted by atomic mass is 9.92. The Labute approximate surface area is 444 Å². The highest BCUT2D eigenvalue weighted by Crippen LogP contribution is 2.34. The second kappa shape index (κ2) is 20.1. The molecule has 0 fully saturated rings. The maximum atomic E-state index is 14.6. The Hall–Kier alpha value is -10.8. The van der Waals surface area contributed by atoms with Crippen molar-refractivity contribution < 1.29 is 33.6 Å². The van der Waals surface area contributed by atoms with Gasteiger partial charge in [0.25, 0.3) is 35.4 Å². The highest BCUT2D eigenvalue weighted by molar-refractivity contribution is 6.25. The molecule has 0 aliphatic heterocycles. The van der Waals surface area contributed by atoms with E-state index in [1.807, 2.05) is 12.1 Å². The van der Waals surface area contributed by atoms with Crippen LogP contribution in [0, 0.1) is 27.7 Å². The van der Waals surface area contributed by atoms with Crippen LogP contribution in [-0.2, 0) is 14.1 Å². The van der Waals surface area contributed by atoms with Crippen LogP contribution in [0.1, 0.15) is 101 Å². The molecule has 0 unspecified atom stereocenters. The molecule has 0 saturated carbocycles. The molecule has 10 aromatic rings. The average molecular weight is 1050 g/mol. The minimum atomic E-state index is -0.490. The normalized spacial score (nSPS) is 11.2. The number of aromatic nitrogens is 6. The number of amides is 6. The number of carbonyl (C=O) groups is 7. The van der Waals surface area contributed by atoms with Crippen molar-refractivity contribution in [3.63, 3.8) is 0 Å². The molecule has 78 heavy (non-hydrogen) atoms. The SMILES string of the molecule is Cc1c(N)c[nH]c1C(=O)Nc1c[nH]c(C(=O)Nc2cc(C(=O)Nc3ccc(C(=O)c4ccc(NC(=O)c5cc(NC(=O)c6[nH]cc(NC(=O)c7[nH]cc(N)c7C)c6C)cn5C)c5ccccc45)c4ccccc34)n(C)c2)c1C. The summed E-state index contributed by atoms with van der Waals surface area (Å²) >= 11 is 0. The summed E-state index contributed by atoms with van der Waals surface area (Å²) in [6, 6.07) is 24.2. The third-order valence-corrected chi connectivity index (χ3v) is 13.9. The van der Waals surface area contributed by atoms with Gasteiger partial charge < -0.3 is 72.4 Å². The maximum absolute atomic E-state index is 14.6. The average Bonchev–Trinajstić information content (AvgIpc) is 4.30. The first kappa shape index (κ1) is 50.7. The predicted molar refractivity (Wildman–Crippen MR) is 301 cm³/mol. The van der Waals surface area contributed by atoms with Gasteiger partial charge in [0.1, 0.15) is 34.2 Å². The summed E-state index contributed by atoms with van der Waals surface area (Å²) in [5.74, 6) is -3.03. The lowest BCUT2D eigenvalue weighted by molar-refractivity contribution is 0.101. The number of nitrogens with two attached hydrogens (primary N) is 2. The number of benzene rings is 4. The molecule has 6 aromatic heterocycles. The van der Waals surface area contributed by atoms with Crippen molar-refractivity contribution in [2.24, 2.45) is 14.1 Å². The van der Waals surface area contributed by atoms with Gasteiger partial charge in [0.05, 0.1) is 34.1 Å². The summed E-state index contributed by atoms with van der Waals surface area (Å²) in [7, 11) is 3.35. The van der Waals surface area contributed by atoms with Gasteiger partial charge in [-0.2, -0.15) is 0 Å². The number of aromatic amines is 4. The van der Waals surface area contributed by atoms with Crippen molar-refractivity contribution in [1.29, 1.82) is 0 Å². The molecule has 0 spiro atoms. The molecule has 6 heterocycles. The van der Waals surface area contributed by atoms with E-state index in [2.05, 4.69) is 51.8 Å². The van der Waals surface area contributed by atoms with E-state index >= 15 is 0 Å². The Bertz CT molecular complexity index is 3880. The number of aryl methyl sites for hydroxylation is 2. The van der Waals surface area contributed by atoms with Crippen LogP contribution in [0.15, 0.2) is 122 Å². The van der Waals surface area contributed by atoms with Gasteiger partial charge in [-0.3, -0.25) is 33.6 Å². The van der Waals surface area contributed by atoms with Gasteiger partial charge >= 0.3 is 0 Å². The quantitative estimate of drug-likeness (QED) is 0.0461. The van der Waals surface area contributed by atoms with E-state index in [4.69, 9.17) is 11.5 Å². The lowest BCUT2D eigenvalue weighted by Gasteiger charge is -2.15. The molecule has 14 N–H and O–H groups in total. The summed E-state index contributed by atoms with van der Waals surface area (Å²) in [4.78, 5) is 107. The van der Waals surface area contributed by atoms with Crippen LogP contribution in [0.2, 0.25) is 0 Å². The number of ketones is 1. The van der Waals surface area contributed by atoms with Crippen molar-refractivity contribution >= 4 is 108 Å². The predicted octanol–water partition coefficient (Wildman–Crippen LogP) is 9.13. The molecule has 0 saturated heterocycles. The van der Waals surface area contributed by atoms with Gasteiger partial charge in [0.2, 0.25) is 0 Å². The van der Waals surface area contributed by atoms with Gasteiger partial charge in [-0.1, -0.05) is 48.5 Å². The fourth-order valence-corrected chi connectivity index (χ4v) is 9.42. The van der Waals surface area contributed by atoms with E-state index < -0.39 is 35.4 Å². The molecular weight excluding hydrogens is 993 g/mol. The molecule has 21 heteroatoms. The molecule has 6 amide bonds. The van der Waals surface area contributed by atoms with Crippen molar-refractivity contribution in [3.05, 3.63) is 190 Å². The fraction of sp³-hybridized carbons (Fsp3) is 0.105. The van der Waals surface area contributed by atoms with Crippen LogP contribution in [0.3, 0.4) is 0 Å². The fourth-order valence-electron chi connectivity index (χ4n) is 9.42. The van der Waals surface area contributed by atoms with E-state index in [0.717, 1.165) is 0 Å². The van der Waals surface area contributed by atoms with Gasteiger partial charge in [-0.25, -0.2) is 0 Å². The minimum Gasteiger partial charge on any atom is -0.397 e. The number of nitrogens with one attached hydrogen (secondary N) is 10. The molecule has 0 aliphatic carbocycles. The van der Waals surface area contributed by atoms with E-state index in [0.29, 0.717) is 112 Å². The third-order valence-electron chi connectivity index (χ3n) is 13.9. The highest BCUT2D eigenvalue weighted by atomic mass is 16.2. The van der Waals surface area contributed by atoms with Crippen LogP contribution in [-0.4, -0.2) is 70.3 Å². The summed E-state index contributed by atoms with van der Waals surface area (Å²) in [6.45, 7) is 6.84. The molecule has 392 valence electrons. The number of H-pyrrole nitrogens is 4. The lowest BCUT2D eigenvalue weighted by Crippen LogP contribution is -2.16. The molecule has 21 nitrogen and oxygen atoms in total. The van der Waals surface area contributed by atoms with E-state index in [-0.39, 0.29) is 28.6 Å². The number of hydrogen-bond acceptors (Lipinski definition) is 9. The van der Waals surface area contributed by atoms with Crippen molar-refractivity contribution in [2.45, 2.75) is 27.7 Å². The molecule has 10 rings (SSSR count). The molecular formula is C57H52N14O7. The number of anilines is 8. The minimum absolute atomic E-state index is 0.212.